The van der Waals surface area contributed by atoms with Crippen molar-refractivity contribution < 1.29 is 14.1 Å². The van der Waals surface area contributed by atoms with Crippen molar-refractivity contribution in [3.8, 4) is 0 Å². The van der Waals surface area contributed by atoms with E-state index < -0.39 is 11.1 Å². The van der Waals surface area contributed by atoms with Gasteiger partial charge in [0.2, 0.25) is 0 Å². The first-order valence-electron chi connectivity index (χ1n) is 8.07. The van der Waals surface area contributed by atoms with Crippen molar-refractivity contribution in [2.24, 2.45) is 0 Å². The summed E-state index contributed by atoms with van der Waals surface area (Å²) in [6.45, 7) is 0.198. The molecular formula is C19H15N3O4. The minimum atomic E-state index is -0.677. The molecule has 130 valence electrons. The van der Waals surface area contributed by atoms with E-state index in [2.05, 4.69) is 5.32 Å². The third-order valence-corrected chi connectivity index (χ3v) is 4.36. The summed E-state index contributed by atoms with van der Waals surface area (Å²) in [6, 6.07) is 17.1. The number of nitro benzene ring substituents is 1. The lowest BCUT2D eigenvalue weighted by Crippen LogP contribution is -2.42. The number of carbonyl (C=O) groups excluding carboxylic acids is 1. The van der Waals surface area contributed by atoms with E-state index in [1.165, 1.54) is 12.3 Å². The summed E-state index contributed by atoms with van der Waals surface area (Å²) >= 11 is 0. The van der Waals surface area contributed by atoms with Gasteiger partial charge in [0.25, 0.3) is 11.6 Å². The molecule has 1 amide bonds. The number of para-hydroxylation sites is 2. The Morgan fingerprint density at radius 1 is 1.08 bits per heavy atom. The number of anilines is 1. The number of amides is 1. The normalized spacial score (nSPS) is 16.1. The fourth-order valence-corrected chi connectivity index (χ4v) is 3.16. The zero-order valence-electron chi connectivity index (χ0n) is 13.7. The van der Waals surface area contributed by atoms with Crippen LogP contribution in [0.2, 0.25) is 0 Å². The maximum atomic E-state index is 13.1. The molecule has 1 aliphatic heterocycles. The molecule has 0 spiro atoms. The predicted molar refractivity (Wildman–Crippen MR) is 94.5 cm³/mol. The highest BCUT2D eigenvalue weighted by molar-refractivity contribution is 6.01. The minimum absolute atomic E-state index is 0.0402. The number of hydrogen-bond acceptors (Lipinski definition) is 5. The summed E-state index contributed by atoms with van der Waals surface area (Å²) in [5.74, 6) is 0.391. The smallest absolute Gasteiger partial charge is 0.276 e. The number of benzene rings is 2. The van der Waals surface area contributed by atoms with Crippen LogP contribution in [0.1, 0.15) is 27.8 Å². The third kappa shape index (κ3) is 2.69. The highest BCUT2D eigenvalue weighted by Crippen LogP contribution is 2.37. The van der Waals surface area contributed by atoms with Crippen molar-refractivity contribution in [1.82, 2.24) is 4.90 Å². The van der Waals surface area contributed by atoms with Gasteiger partial charge in [0, 0.05) is 11.8 Å². The van der Waals surface area contributed by atoms with Gasteiger partial charge in [-0.2, -0.15) is 0 Å². The van der Waals surface area contributed by atoms with E-state index in [9.17, 15) is 14.9 Å². The van der Waals surface area contributed by atoms with E-state index in [0.29, 0.717) is 22.6 Å². The van der Waals surface area contributed by atoms with Crippen LogP contribution in [0.3, 0.4) is 0 Å². The van der Waals surface area contributed by atoms with Gasteiger partial charge in [-0.15, -0.1) is 0 Å². The summed E-state index contributed by atoms with van der Waals surface area (Å²) in [7, 11) is 0. The number of carbonyl (C=O) groups is 1. The van der Waals surface area contributed by atoms with Gasteiger partial charge in [-0.1, -0.05) is 24.3 Å². The Hall–Kier alpha value is -3.61. The molecule has 2 aromatic carbocycles. The van der Waals surface area contributed by atoms with Gasteiger partial charge in [0.05, 0.1) is 28.9 Å². The number of rotatable bonds is 4. The lowest BCUT2D eigenvalue weighted by Gasteiger charge is -2.37. The van der Waals surface area contributed by atoms with E-state index in [4.69, 9.17) is 4.42 Å². The lowest BCUT2D eigenvalue weighted by atomic mass is 10.0. The molecule has 0 saturated carbocycles. The monoisotopic (exact) mass is 349 g/mol. The average molecular weight is 349 g/mol. The second-order valence-electron chi connectivity index (χ2n) is 5.92. The molecule has 1 atom stereocenters. The molecule has 0 fully saturated rings. The van der Waals surface area contributed by atoms with E-state index in [-0.39, 0.29) is 18.1 Å². The zero-order valence-corrected chi connectivity index (χ0v) is 13.7. The maximum Gasteiger partial charge on any atom is 0.276 e. The first kappa shape index (κ1) is 15.9. The third-order valence-electron chi connectivity index (χ3n) is 4.36. The van der Waals surface area contributed by atoms with E-state index in [1.807, 2.05) is 6.07 Å². The molecule has 1 N–H and O–H groups in total. The van der Waals surface area contributed by atoms with Gasteiger partial charge in [0.1, 0.15) is 11.9 Å². The minimum Gasteiger partial charge on any atom is -0.467 e. The van der Waals surface area contributed by atoms with Crippen LogP contribution >= 0.6 is 0 Å². The summed E-state index contributed by atoms with van der Waals surface area (Å²) in [5.41, 5.74) is 1.55. The van der Waals surface area contributed by atoms with Gasteiger partial charge in [-0.05, 0) is 30.3 Å². The highest BCUT2D eigenvalue weighted by atomic mass is 16.6. The Morgan fingerprint density at radius 3 is 2.62 bits per heavy atom. The quantitative estimate of drug-likeness (QED) is 0.569. The Bertz CT molecular complexity index is 968. The number of furan rings is 1. The van der Waals surface area contributed by atoms with Gasteiger partial charge in [-0.25, -0.2) is 0 Å². The number of fused-ring (bicyclic) bond motifs is 1. The van der Waals surface area contributed by atoms with E-state index in [0.717, 1.165) is 0 Å². The molecule has 0 aliphatic carbocycles. The largest absolute Gasteiger partial charge is 0.467 e. The molecule has 3 aromatic rings. The maximum absolute atomic E-state index is 13.1. The Morgan fingerprint density at radius 2 is 1.85 bits per heavy atom. The van der Waals surface area contributed by atoms with Crippen LogP contribution in [0.15, 0.2) is 71.3 Å². The lowest BCUT2D eigenvalue weighted by molar-refractivity contribution is -0.385. The Kier molecular flexibility index (Phi) is 3.89. The average Bonchev–Trinajstić information content (AvgIpc) is 3.17. The van der Waals surface area contributed by atoms with E-state index >= 15 is 0 Å². The van der Waals surface area contributed by atoms with Gasteiger partial charge in [0.15, 0.2) is 0 Å². The topological polar surface area (TPSA) is 88.6 Å². The van der Waals surface area contributed by atoms with Crippen LogP contribution in [-0.2, 0) is 6.54 Å². The number of nitrogens with zero attached hydrogens (tertiary/aromatic N) is 2. The molecule has 7 heteroatoms. The molecule has 2 heterocycles. The summed E-state index contributed by atoms with van der Waals surface area (Å²) < 4.78 is 5.38. The molecule has 4 rings (SSSR count). The van der Waals surface area contributed by atoms with Crippen LogP contribution < -0.4 is 5.32 Å². The SMILES string of the molecule is O=C1c2ccccc2N[C@@H](c2ccccc2[N+](=O)[O-])N1Cc1ccco1. The number of nitrogens with one attached hydrogen (secondary N) is 1. The van der Waals surface area contributed by atoms with Crippen molar-refractivity contribution in [2.45, 2.75) is 12.7 Å². The molecule has 26 heavy (non-hydrogen) atoms. The molecule has 0 radical (unpaired) electrons. The fraction of sp³-hybridized carbons (Fsp3) is 0.105. The van der Waals surface area contributed by atoms with Crippen molar-refractivity contribution in [2.75, 3.05) is 5.32 Å². The predicted octanol–water partition coefficient (Wildman–Crippen LogP) is 3.95. The van der Waals surface area contributed by atoms with Crippen LogP contribution in [-0.4, -0.2) is 15.7 Å². The molecule has 1 aliphatic rings. The van der Waals surface area contributed by atoms with Crippen LogP contribution in [0.5, 0.6) is 0 Å². The fourth-order valence-electron chi connectivity index (χ4n) is 3.16. The Labute approximate surface area is 149 Å². The second-order valence-corrected chi connectivity index (χ2v) is 5.92. The highest BCUT2D eigenvalue weighted by Gasteiger charge is 2.36. The van der Waals surface area contributed by atoms with Crippen LogP contribution in [0.25, 0.3) is 0 Å². The number of hydrogen-bond donors (Lipinski definition) is 1. The van der Waals surface area contributed by atoms with Gasteiger partial charge < -0.3 is 14.6 Å². The first-order valence-corrected chi connectivity index (χ1v) is 8.07. The molecule has 1 aromatic heterocycles. The van der Waals surface area contributed by atoms with Crippen molar-refractivity contribution >= 4 is 17.3 Å². The standard InChI is InChI=1S/C19H15N3O4/c23-19-14-7-1-3-9-16(14)20-18(21(19)12-13-6-5-11-26-13)15-8-2-4-10-17(15)22(24)25/h1-11,18,20H,12H2/t18-/m1/s1. The second kappa shape index (κ2) is 6.36. The molecule has 7 nitrogen and oxygen atoms in total. The van der Waals surface area contributed by atoms with Crippen LogP contribution in [0.4, 0.5) is 11.4 Å². The van der Waals surface area contributed by atoms with Crippen molar-refractivity contribution in [1.29, 1.82) is 0 Å². The Balaban J connectivity index is 1.82. The van der Waals surface area contributed by atoms with Gasteiger partial charge in [-0.3, -0.25) is 14.9 Å². The summed E-state index contributed by atoms with van der Waals surface area (Å²) in [4.78, 5) is 25.7. The van der Waals surface area contributed by atoms with Gasteiger partial charge >= 0.3 is 0 Å². The molecule has 0 saturated heterocycles. The summed E-state index contributed by atoms with van der Waals surface area (Å²) in [5, 5.41) is 14.7. The van der Waals surface area contributed by atoms with E-state index in [1.54, 1.807) is 53.4 Å². The van der Waals surface area contributed by atoms with Crippen molar-refractivity contribution in [3.63, 3.8) is 0 Å². The summed E-state index contributed by atoms with van der Waals surface area (Å²) in [6.07, 6.45) is 0.856. The first-order chi connectivity index (χ1) is 12.6. The van der Waals surface area contributed by atoms with Crippen molar-refractivity contribution in [3.05, 3.63) is 93.9 Å². The number of nitro groups is 1. The van der Waals surface area contributed by atoms with Crippen LogP contribution in [0, 0.1) is 10.1 Å². The molecular weight excluding hydrogens is 334 g/mol. The zero-order chi connectivity index (χ0) is 18.1. The molecule has 0 bridgehead atoms. The molecule has 0 unspecified atom stereocenters.